The second kappa shape index (κ2) is 18.5. The lowest BCUT2D eigenvalue weighted by atomic mass is 9.98. The van der Waals surface area contributed by atoms with Crippen LogP contribution in [0.3, 0.4) is 0 Å². The van der Waals surface area contributed by atoms with Gasteiger partial charge in [-0.05, 0) is 46.5 Å². The molecule has 0 spiro atoms. The third-order valence-electron chi connectivity index (χ3n) is 4.50. The Morgan fingerprint density at radius 2 is 1.87 bits per heavy atom. The number of hydrogen-bond acceptors (Lipinski definition) is 5. The molecule has 2 unspecified atom stereocenters. The predicted octanol–water partition coefficient (Wildman–Crippen LogP) is 3.40. The smallest absolute Gasteiger partial charge is 0.335 e. The minimum atomic E-state index is -0.961. The normalized spacial score (nSPS) is 16.7. The highest BCUT2D eigenvalue weighted by atomic mass is 32.1. The molecular formula is C22H38N2O6S. The van der Waals surface area contributed by atoms with E-state index in [2.05, 4.69) is 38.7 Å². The molecule has 2 N–H and O–H groups in total. The van der Waals surface area contributed by atoms with Gasteiger partial charge in [-0.2, -0.15) is 8.42 Å². The van der Waals surface area contributed by atoms with Crippen LogP contribution >= 0.6 is 0 Å². The van der Waals surface area contributed by atoms with Crippen molar-refractivity contribution in [1.29, 1.82) is 0 Å². The van der Waals surface area contributed by atoms with Crippen molar-refractivity contribution in [3.05, 3.63) is 23.8 Å². The van der Waals surface area contributed by atoms with E-state index in [1.165, 1.54) is 12.0 Å². The first-order valence-corrected chi connectivity index (χ1v) is 11.3. The number of carbonyl (C=O) groups excluding carboxylic acids is 2. The Hall–Kier alpha value is -2.29. The number of carboxylic acids is 1. The van der Waals surface area contributed by atoms with Gasteiger partial charge in [0.25, 0.3) is 0 Å². The first kappa shape index (κ1) is 30.9. The van der Waals surface area contributed by atoms with Crippen molar-refractivity contribution in [3.63, 3.8) is 0 Å². The van der Waals surface area contributed by atoms with Crippen LogP contribution < -0.4 is 5.32 Å². The fourth-order valence-corrected chi connectivity index (χ4v) is 2.88. The van der Waals surface area contributed by atoms with Gasteiger partial charge in [0.15, 0.2) is 0 Å². The number of nitrogens with one attached hydrogen (secondary N) is 1. The van der Waals surface area contributed by atoms with Crippen LogP contribution in [0.15, 0.2) is 23.8 Å². The molecule has 0 aromatic rings. The number of allylic oxidation sites excluding steroid dienone is 2. The van der Waals surface area contributed by atoms with E-state index in [9.17, 15) is 14.4 Å². The van der Waals surface area contributed by atoms with Gasteiger partial charge in [0.1, 0.15) is 6.04 Å². The van der Waals surface area contributed by atoms with Gasteiger partial charge in [0.2, 0.25) is 11.8 Å². The quantitative estimate of drug-likeness (QED) is 0.511. The molecule has 2 amide bonds. The van der Waals surface area contributed by atoms with Crippen molar-refractivity contribution < 1.29 is 27.9 Å². The summed E-state index contributed by atoms with van der Waals surface area (Å²) in [5, 5.41) is 11.5. The highest BCUT2D eigenvalue weighted by Gasteiger charge is 2.33. The van der Waals surface area contributed by atoms with Gasteiger partial charge in [-0.3, -0.25) is 14.4 Å². The Morgan fingerprint density at radius 3 is 2.35 bits per heavy atom. The number of carboxylic acid groups (broad SMARTS) is 1. The van der Waals surface area contributed by atoms with Gasteiger partial charge in [-0.25, -0.2) is 0 Å². The fraction of sp³-hybridized carbons (Fsp3) is 0.682. The average Bonchev–Trinajstić information content (AvgIpc) is 2.68. The van der Waals surface area contributed by atoms with Gasteiger partial charge in [0.05, 0.1) is 6.42 Å². The lowest BCUT2D eigenvalue weighted by Crippen LogP contribution is -2.54. The molecular weight excluding hydrogens is 420 g/mol. The summed E-state index contributed by atoms with van der Waals surface area (Å²) in [4.78, 5) is 37.2. The van der Waals surface area contributed by atoms with Gasteiger partial charge >= 0.3 is 17.5 Å². The highest BCUT2D eigenvalue weighted by molar-refractivity contribution is 7.51. The maximum absolute atomic E-state index is 12.5. The summed E-state index contributed by atoms with van der Waals surface area (Å²) in [5.74, 6) is -1.28. The van der Waals surface area contributed by atoms with Crippen LogP contribution in [0, 0.1) is 0 Å². The van der Waals surface area contributed by atoms with Crippen LogP contribution in [0.2, 0.25) is 0 Å². The molecule has 0 bridgehead atoms. The number of piperidine rings is 1. The van der Waals surface area contributed by atoms with Gasteiger partial charge in [-0.15, -0.1) is 0 Å². The fourth-order valence-electron chi connectivity index (χ4n) is 2.88. The number of hydrogen-bond donors (Lipinski definition) is 2. The Morgan fingerprint density at radius 1 is 1.32 bits per heavy atom. The minimum absolute atomic E-state index is 0.0406. The number of rotatable bonds is 9. The summed E-state index contributed by atoms with van der Waals surface area (Å²) in [6.45, 7) is 14.4. The Labute approximate surface area is 189 Å². The molecule has 0 aromatic carbocycles. The summed E-state index contributed by atoms with van der Waals surface area (Å²) >= 11 is -0.750. The van der Waals surface area contributed by atoms with E-state index in [1.807, 2.05) is 6.92 Å². The van der Waals surface area contributed by atoms with E-state index >= 15 is 0 Å². The lowest BCUT2D eigenvalue weighted by molar-refractivity contribution is -0.144. The molecule has 31 heavy (non-hydrogen) atoms. The third-order valence-corrected chi connectivity index (χ3v) is 4.50. The third kappa shape index (κ3) is 15.2. The van der Waals surface area contributed by atoms with Crippen LogP contribution in [0.4, 0.5) is 0 Å². The van der Waals surface area contributed by atoms with Crippen molar-refractivity contribution >= 4 is 29.4 Å². The predicted molar refractivity (Wildman–Crippen MR) is 122 cm³/mol. The summed E-state index contributed by atoms with van der Waals surface area (Å²) in [5.41, 5.74) is 2.19. The molecule has 0 radical (unpaired) electrons. The second-order valence-electron chi connectivity index (χ2n) is 7.60. The lowest BCUT2D eigenvalue weighted by Gasteiger charge is -2.35. The van der Waals surface area contributed by atoms with Gasteiger partial charge < -0.3 is 15.3 Å². The highest BCUT2D eigenvalue weighted by Crippen LogP contribution is 2.21. The molecule has 9 heteroatoms. The molecule has 8 nitrogen and oxygen atoms in total. The van der Waals surface area contributed by atoms with Crippen LogP contribution in [-0.2, 0) is 26.0 Å². The molecule has 0 saturated carbocycles. The molecule has 0 aromatic heterocycles. The zero-order chi connectivity index (χ0) is 24.4. The SMILES string of the molecule is C=C(CC/C(C)=C\C)CN1C(=O)CCCC1C(=O)NC(C)CC(=O)O.CCC.O=S=O. The second-order valence-corrected chi connectivity index (χ2v) is 7.73. The van der Waals surface area contributed by atoms with Crippen LogP contribution in [-0.4, -0.2) is 54.8 Å². The van der Waals surface area contributed by atoms with E-state index in [1.54, 1.807) is 11.8 Å². The summed E-state index contributed by atoms with van der Waals surface area (Å²) in [7, 11) is 0. The largest absolute Gasteiger partial charge is 0.481 e. The van der Waals surface area contributed by atoms with Crippen LogP contribution in [0.25, 0.3) is 0 Å². The molecule has 1 aliphatic rings. The van der Waals surface area contributed by atoms with Crippen LogP contribution in [0.5, 0.6) is 0 Å². The molecule has 178 valence electrons. The zero-order valence-corrected chi connectivity index (χ0v) is 20.3. The van der Waals surface area contributed by atoms with Crippen molar-refractivity contribution in [1.82, 2.24) is 10.2 Å². The first-order valence-electron chi connectivity index (χ1n) is 10.6. The molecule has 0 aliphatic carbocycles. The molecule has 1 fully saturated rings. The van der Waals surface area contributed by atoms with Gasteiger partial charge in [-0.1, -0.05) is 44.1 Å². The van der Waals surface area contributed by atoms with E-state index in [-0.39, 0.29) is 18.2 Å². The molecule has 1 aliphatic heterocycles. The monoisotopic (exact) mass is 458 g/mol. The van der Waals surface area contributed by atoms with E-state index < -0.39 is 29.6 Å². The zero-order valence-electron chi connectivity index (χ0n) is 19.4. The van der Waals surface area contributed by atoms with E-state index in [0.29, 0.717) is 25.8 Å². The number of amides is 2. The maximum atomic E-state index is 12.5. The van der Waals surface area contributed by atoms with Crippen molar-refractivity contribution in [2.45, 2.75) is 91.6 Å². The van der Waals surface area contributed by atoms with Crippen LogP contribution in [0.1, 0.15) is 79.6 Å². The van der Waals surface area contributed by atoms with E-state index in [4.69, 9.17) is 13.5 Å². The summed E-state index contributed by atoms with van der Waals surface area (Å²) in [6, 6.07) is -1.01. The first-order chi connectivity index (χ1) is 14.6. The topological polar surface area (TPSA) is 121 Å². The summed E-state index contributed by atoms with van der Waals surface area (Å²) < 4.78 is 16.6. The Kier molecular flexibility index (Phi) is 18.4. The standard InChI is InChI=1S/C19H30N2O4.C3H8.O2S/c1-5-13(2)9-10-14(3)12-21-16(7-6-8-17(21)22)19(25)20-15(4)11-18(23)24;2*1-3-2/h5,15-16H,3,6-12H2,1-2,4H3,(H,20,25)(H,23,24);3H2,1-2H3;/b13-5-;;. The maximum Gasteiger partial charge on any atom is 0.335 e. The van der Waals surface area contributed by atoms with Gasteiger partial charge in [0, 0.05) is 19.0 Å². The summed E-state index contributed by atoms with van der Waals surface area (Å²) in [6.07, 6.45) is 6.55. The molecule has 2 atom stereocenters. The van der Waals surface area contributed by atoms with Crippen molar-refractivity contribution in [2.75, 3.05) is 6.54 Å². The number of nitrogens with zero attached hydrogens (tertiary/aromatic N) is 1. The molecule has 1 rings (SSSR count). The number of aliphatic carboxylic acids is 1. The average molecular weight is 459 g/mol. The number of likely N-dealkylation sites (tertiary alicyclic amines) is 1. The molecule has 1 heterocycles. The minimum Gasteiger partial charge on any atom is -0.481 e. The Balaban J connectivity index is 0. The number of carbonyl (C=O) groups is 3. The van der Waals surface area contributed by atoms with Crippen molar-refractivity contribution in [3.8, 4) is 0 Å². The Bertz CT molecular complexity index is 656. The molecule has 1 saturated heterocycles. The van der Waals surface area contributed by atoms with Crippen molar-refractivity contribution in [2.24, 2.45) is 0 Å². The van der Waals surface area contributed by atoms with E-state index in [0.717, 1.165) is 18.4 Å².